The zero-order valence-electron chi connectivity index (χ0n) is 16.7. The number of para-hydroxylation sites is 1. The van der Waals surface area contributed by atoms with Crippen LogP contribution in [0.5, 0.6) is 11.5 Å². The van der Waals surface area contributed by atoms with Gasteiger partial charge in [0.2, 0.25) is 0 Å². The molecule has 1 aromatic heterocycles. The average molecular weight is 446 g/mol. The summed E-state index contributed by atoms with van der Waals surface area (Å²) in [5.41, 5.74) is 0.218. The average Bonchev–Trinajstić information content (AvgIpc) is 3.11. The van der Waals surface area contributed by atoms with Gasteiger partial charge in [-0.3, -0.25) is 4.57 Å². The molecule has 3 aromatic carbocycles. The summed E-state index contributed by atoms with van der Waals surface area (Å²) in [5.74, 6) is 0.987. The molecular formula is C23H18F4N2OS. The SMILES string of the molecule is CCc1nc2c(C(F)(F)F)cccc2n1-c1ccc(Oc2cc(F)cc(SC)c2)cc1. The molecular weight excluding hydrogens is 428 g/mol. The van der Waals surface area contributed by atoms with Gasteiger partial charge in [0.15, 0.2) is 0 Å². The molecule has 0 radical (unpaired) electrons. The number of aromatic nitrogens is 2. The molecule has 0 saturated heterocycles. The van der Waals surface area contributed by atoms with E-state index in [1.165, 1.54) is 30.0 Å². The summed E-state index contributed by atoms with van der Waals surface area (Å²) in [6.07, 6.45) is -2.18. The lowest BCUT2D eigenvalue weighted by Gasteiger charge is -2.11. The smallest absolute Gasteiger partial charge is 0.418 e. The molecule has 0 bridgehead atoms. The highest BCUT2D eigenvalue weighted by Gasteiger charge is 2.34. The number of hydrogen-bond acceptors (Lipinski definition) is 3. The molecule has 0 fully saturated rings. The van der Waals surface area contributed by atoms with E-state index in [2.05, 4.69) is 4.98 Å². The number of thioether (sulfide) groups is 1. The number of halogens is 4. The van der Waals surface area contributed by atoms with Gasteiger partial charge >= 0.3 is 6.18 Å². The Morgan fingerprint density at radius 3 is 2.39 bits per heavy atom. The van der Waals surface area contributed by atoms with Gasteiger partial charge in [0, 0.05) is 23.1 Å². The third-order valence-electron chi connectivity index (χ3n) is 4.79. The fourth-order valence-electron chi connectivity index (χ4n) is 3.41. The second-order valence-corrected chi connectivity index (χ2v) is 7.69. The first-order valence-corrected chi connectivity index (χ1v) is 10.7. The highest BCUT2D eigenvalue weighted by atomic mass is 32.2. The number of fused-ring (bicyclic) bond motifs is 1. The number of nitrogens with zero attached hydrogens (tertiary/aromatic N) is 2. The van der Waals surface area contributed by atoms with Crippen molar-refractivity contribution >= 4 is 22.8 Å². The lowest BCUT2D eigenvalue weighted by atomic mass is 10.1. The van der Waals surface area contributed by atoms with Gasteiger partial charge in [-0.05, 0) is 54.8 Å². The Bertz CT molecular complexity index is 1230. The topological polar surface area (TPSA) is 27.1 Å². The van der Waals surface area contributed by atoms with Gasteiger partial charge < -0.3 is 4.74 Å². The monoisotopic (exact) mass is 446 g/mol. The van der Waals surface area contributed by atoms with Crippen LogP contribution < -0.4 is 4.74 Å². The summed E-state index contributed by atoms with van der Waals surface area (Å²) >= 11 is 1.41. The lowest BCUT2D eigenvalue weighted by Crippen LogP contribution is -2.05. The van der Waals surface area contributed by atoms with Crippen LogP contribution in [0.2, 0.25) is 0 Å². The second-order valence-electron chi connectivity index (χ2n) is 6.81. The Morgan fingerprint density at radius 1 is 1.00 bits per heavy atom. The minimum atomic E-state index is -4.48. The zero-order valence-corrected chi connectivity index (χ0v) is 17.5. The van der Waals surface area contributed by atoms with Gasteiger partial charge in [-0.1, -0.05) is 13.0 Å². The Kier molecular flexibility index (Phi) is 5.66. The maximum Gasteiger partial charge on any atom is 0.418 e. The number of hydrogen-bond donors (Lipinski definition) is 0. The molecule has 8 heteroatoms. The van der Waals surface area contributed by atoms with Crippen LogP contribution in [0, 0.1) is 5.82 Å². The van der Waals surface area contributed by atoms with E-state index in [1.807, 2.05) is 13.2 Å². The van der Waals surface area contributed by atoms with Crippen molar-refractivity contribution in [3.63, 3.8) is 0 Å². The third kappa shape index (κ3) is 4.25. The van der Waals surface area contributed by atoms with Crippen molar-refractivity contribution in [1.82, 2.24) is 9.55 Å². The first-order valence-electron chi connectivity index (χ1n) is 9.50. The third-order valence-corrected chi connectivity index (χ3v) is 5.49. The molecule has 0 atom stereocenters. The minimum absolute atomic E-state index is 0.0727. The molecule has 3 nitrogen and oxygen atoms in total. The molecule has 4 rings (SSSR count). The second kappa shape index (κ2) is 8.26. The Hall–Kier alpha value is -3.00. The fraction of sp³-hybridized carbons (Fsp3) is 0.174. The number of rotatable bonds is 5. The van der Waals surface area contributed by atoms with Crippen molar-refractivity contribution in [2.75, 3.05) is 6.26 Å². The number of benzene rings is 3. The van der Waals surface area contributed by atoms with Crippen molar-refractivity contribution in [2.45, 2.75) is 24.4 Å². The fourth-order valence-corrected chi connectivity index (χ4v) is 3.88. The highest BCUT2D eigenvalue weighted by molar-refractivity contribution is 7.98. The van der Waals surface area contributed by atoms with Crippen molar-refractivity contribution in [2.24, 2.45) is 0 Å². The van der Waals surface area contributed by atoms with Crippen LogP contribution in [0.1, 0.15) is 18.3 Å². The Balaban J connectivity index is 1.72. The van der Waals surface area contributed by atoms with E-state index >= 15 is 0 Å². The normalized spacial score (nSPS) is 11.8. The first-order chi connectivity index (χ1) is 14.8. The van der Waals surface area contributed by atoms with E-state index in [4.69, 9.17) is 4.74 Å². The van der Waals surface area contributed by atoms with E-state index in [0.29, 0.717) is 34.9 Å². The lowest BCUT2D eigenvalue weighted by molar-refractivity contribution is -0.136. The Labute approximate surface area is 180 Å². The highest BCUT2D eigenvalue weighted by Crippen LogP contribution is 2.36. The minimum Gasteiger partial charge on any atom is -0.457 e. The summed E-state index contributed by atoms with van der Waals surface area (Å²) in [6, 6.07) is 15.4. The van der Waals surface area contributed by atoms with Gasteiger partial charge in [-0.25, -0.2) is 9.37 Å². The van der Waals surface area contributed by atoms with Gasteiger partial charge in [0.25, 0.3) is 0 Å². The number of imidazole rings is 1. The van der Waals surface area contributed by atoms with E-state index in [-0.39, 0.29) is 5.52 Å². The first kappa shape index (κ1) is 21.2. The summed E-state index contributed by atoms with van der Waals surface area (Å²) in [6.45, 7) is 1.84. The predicted molar refractivity (Wildman–Crippen MR) is 114 cm³/mol. The number of alkyl halides is 3. The van der Waals surface area contributed by atoms with Crippen LogP contribution in [-0.2, 0) is 12.6 Å². The van der Waals surface area contributed by atoms with Crippen molar-refractivity contribution in [3.8, 4) is 17.2 Å². The van der Waals surface area contributed by atoms with Gasteiger partial charge in [0.1, 0.15) is 28.7 Å². The molecule has 0 spiro atoms. The molecule has 4 aromatic rings. The summed E-state index contributed by atoms with van der Waals surface area (Å²) in [7, 11) is 0. The predicted octanol–water partition coefficient (Wildman–Crippen LogP) is 7.26. The zero-order chi connectivity index (χ0) is 22.2. The molecule has 0 amide bonds. The van der Waals surface area contributed by atoms with E-state index in [1.54, 1.807) is 41.0 Å². The molecule has 0 unspecified atom stereocenters. The van der Waals surface area contributed by atoms with Crippen LogP contribution >= 0.6 is 11.8 Å². The Morgan fingerprint density at radius 2 is 1.74 bits per heavy atom. The molecule has 31 heavy (non-hydrogen) atoms. The van der Waals surface area contributed by atoms with Crippen molar-refractivity contribution in [3.05, 3.63) is 77.9 Å². The summed E-state index contributed by atoms with van der Waals surface area (Å²) < 4.78 is 61.4. The molecule has 0 aliphatic rings. The molecule has 1 heterocycles. The largest absolute Gasteiger partial charge is 0.457 e. The van der Waals surface area contributed by atoms with Crippen LogP contribution in [-0.4, -0.2) is 15.8 Å². The number of ether oxygens (including phenoxy) is 1. The summed E-state index contributed by atoms with van der Waals surface area (Å²) in [4.78, 5) is 5.00. The van der Waals surface area contributed by atoms with E-state index in [9.17, 15) is 17.6 Å². The number of aryl methyl sites for hydroxylation is 1. The van der Waals surface area contributed by atoms with Gasteiger partial charge in [-0.15, -0.1) is 11.8 Å². The van der Waals surface area contributed by atoms with Crippen molar-refractivity contribution < 1.29 is 22.3 Å². The van der Waals surface area contributed by atoms with Crippen LogP contribution in [0.4, 0.5) is 17.6 Å². The molecule has 160 valence electrons. The summed E-state index contributed by atoms with van der Waals surface area (Å²) in [5, 5.41) is 0. The molecule has 0 N–H and O–H groups in total. The van der Waals surface area contributed by atoms with E-state index < -0.39 is 17.6 Å². The molecule has 0 aliphatic heterocycles. The van der Waals surface area contributed by atoms with Crippen LogP contribution in [0.3, 0.4) is 0 Å². The van der Waals surface area contributed by atoms with Crippen LogP contribution in [0.15, 0.2) is 65.6 Å². The van der Waals surface area contributed by atoms with Crippen molar-refractivity contribution in [1.29, 1.82) is 0 Å². The standard InChI is InChI=1S/C23H18F4N2OS/c1-3-21-28-22-19(23(25,26)27)5-4-6-20(22)29(21)15-7-9-16(10-8-15)30-17-11-14(24)12-18(13-17)31-2/h4-13H,3H2,1-2H3. The molecule has 0 saturated carbocycles. The van der Waals surface area contributed by atoms with Gasteiger partial charge in [-0.2, -0.15) is 13.2 Å². The molecule has 0 aliphatic carbocycles. The van der Waals surface area contributed by atoms with E-state index in [0.717, 1.165) is 11.0 Å². The van der Waals surface area contributed by atoms with Crippen LogP contribution in [0.25, 0.3) is 16.7 Å². The maximum absolute atomic E-state index is 13.7. The quantitative estimate of drug-likeness (QED) is 0.238. The maximum atomic E-state index is 13.7. The van der Waals surface area contributed by atoms with Gasteiger partial charge in [0.05, 0.1) is 11.1 Å².